The number of aromatic nitrogens is 1. The summed E-state index contributed by atoms with van der Waals surface area (Å²) in [5.74, 6) is -0.180. The molecule has 6 nitrogen and oxygen atoms in total. The van der Waals surface area contributed by atoms with Gasteiger partial charge in [0.2, 0.25) is 15.9 Å². The van der Waals surface area contributed by atoms with Gasteiger partial charge in [-0.05, 0) is 37.1 Å². The number of nitrogens with one attached hydrogen (secondary N) is 1. The maximum atomic E-state index is 12.9. The van der Waals surface area contributed by atoms with Crippen molar-refractivity contribution in [1.29, 1.82) is 0 Å². The Balaban J connectivity index is 1.87. The van der Waals surface area contributed by atoms with Crippen molar-refractivity contribution in [3.05, 3.63) is 39.9 Å². The zero-order valence-electron chi connectivity index (χ0n) is 13.8. The molecule has 3 rings (SSSR count). The van der Waals surface area contributed by atoms with Gasteiger partial charge in [-0.2, -0.15) is 4.31 Å². The molecule has 0 aliphatic carbocycles. The van der Waals surface area contributed by atoms with Crippen LogP contribution < -0.4 is 5.32 Å². The average Bonchev–Trinajstić information content (AvgIpc) is 2.90. The molecule has 0 spiro atoms. The number of nitrogens with zero attached hydrogens (tertiary/aromatic N) is 2. The lowest BCUT2D eigenvalue weighted by molar-refractivity contribution is -0.114. The third-order valence-corrected chi connectivity index (χ3v) is 6.93. The first-order chi connectivity index (χ1) is 11.3. The summed E-state index contributed by atoms with van der Waals surface area (Å²) in [6.45, 7) is 5.98. The van der Waals surface area contributed by atoms with E-state index in [9.17, 15) is 13.2 Å². The molecule has 1 aliphatic rings. The van der Waals surface area contributed by atoms with Gasteiger partial charge in [0.25, 0.3) is 0 Å². The number of thiazole rings is 1. The van der Waals surface area contributed by atoms with E-state index in [1.165, 1.54) is 22.6 Å². The number of hydrogen-bond donors (Lipinski definition) is 1. The quantitative estimate of drug-likeness (QED) is 0.906. The fourth-order valence-electron chi connectivity index (χ4n) is 2.60. The Kier molecular flexibility index (Phi) is 4.46. The van der Waals surface area contributed by atoms with Crippen LogP contribution >= 0.6 is 11.3 Å². The number of sulfonamides is 1. The van der Waals surface area contributed by atoms with Gasteiger partial charge in [-0.3, -0.25) is 4.79 Å². The van der Waals surface area contributed by atoms with E-state index in [1.54, 1.807) is 12.1 Å². The van der Waals surface area contributed by atoms with Gasteiger partial charge in [-0.1, -0.05) is 6.07 Å². The standard InChI is InChI=1S/C16H19N3O3S2/c1-10-4-5-13(8-11(10)2)24(21,22)19-7-6-14-15(9-19)23-16(18-14)17-12(3)20/h4-5,8H,6-7,9H2,1-3H3,(H,17,18,20). The Morgan fingerprint density at radius 2 is 2.04 bits per heavy atom. The molecule has 2 aromatic rings. The van der Waals surface area contributed by atoms with Crippen LogP contribution in [0.1, 0.15) is 28.6 Å². The Morgan fingerprint density at radius 1 is 1.29 bits per heavy atom. The number of fused-ring (bicyclic) bond motifs is 1. The summed E-state index contributed by atoms with van der Waals surface area (Å²) in [4.78, 5) is 16.7. The highest BCUT2D eigenvalue weighted by Gasteiger charge is 2.30. The van der Waals surface area contributed by atoms with Crippen molar-refractivity contribution in [2.24, 2.45) is 0 Å². The lowest BCUT2D eigenvalue weighted by atomic mass is 10.1. The molecule has 1 N–H and O–H groups in total. The molecule has 1 aromatic heterocycles. The van der Waals surface area contributed by atoms with E-state index in [0.29, 0.717) is 29.5 Å². The topological polar surface area (TPSA) is 79.4 Å². The number of aryl methyl sites for hydroxylation is 2. The Hall–Kier alpha value is -1.77. The molecule has 24 heavy (non-hydrogen) atoms. The number of amides is 1. The molecular formula is C16H19N3O3S2. The minimum Gasteiger partial charge on any atom is -0.302 e. The second-order valence-electron chi connectivity index (χ2n) is 5.90. The molecule has 128 valence electrons. The fraction of sp³-hybridized carbons (Fsp3) is 0.375. The van der Waals surface area contributed by atoms with E-state index in [-0.39, 0.29) is 5.91 Å². The summed E-state index contributed by atoms with van der Waals surface area (Å²) in [5.41, 5.74) is 2.90. The molecule has 1 aromatic carbocycles. The predicted octanol–water partition coefficient (Wildman–Crippen LogP) is 2.47. The summed E-state index contributed by atoms with van der Waals surface area (Å²) in [5, 5.41) is 3.19. The third kappa shape index (κ3) is 3.22. The van der Waals surface area contributed by atoms with Gasteiger partial charge in [-0.15, -0.1) is 11.3 Å². The van der Waals surface area contributed by atoms with Crippen molar-refractivity contribution in [3.8, 4) is 0 Å². The fourth-order valence-corrected chi connectivity index (χ4v) is 5.25. The van der Waals surface area contributed by atoms with Gasteiger partial charge in [-0.25, -0.2) is 13.4 Å². The van der Waals surface area contributed by atoms with Crippen molar-refractivity contribution < 1.29 is 13.2 Å². The largest absolute Gasteiger partial charge is 0.302 e. The SMILES string of the molecule is CC(=O)Nc1nc2c(s1)CN(S(=O)(=O)c1ccc(C)c(C)c1)CC2. The van der Waals surface area contributed by atoms with Crippen LogP contribution in [0.25, 0.3) is 0 Å². The van der Waals surface area contributed by atoms with Crippen LogP contribution in [0.5, 0.6) is 0 Å². The first-order valence-corrected chi connectivity index (χ1v) is 9.86. The number of hydrogen-bond acceptors (Lipinski definition) is 5. The minimum atomic E-state index is -3.53. The maximum Gasteiger partial charge on any atom is 0.243 e. The number of carbonyl (C=O) groups is 1. The molecule has 0 fully saturated rings. The number of carbonyl (C=O) groups excluding carboxylic acids is 1. The molecule has 0 saturated carbocycles. The molecular weight excluding hydrogens is 346 g/mol. The third-order valence-electron chi connectivity index (χ3n) is 4.10. The first kappa shape index (κ1) is 17.1. The van der Waals surface area contributed by atoms with Crippen LogP contribution in [0.15, 0.2) is 23.1 Å². The average molecular weight is 365 g/mol. The van der Waals surface area contributed by atoms with Crippen LogP contribution in [0.4, 0.5) is 5.13 Å². The normalized spacial score (nSPS) is 15.1. The lowest BCUT2D eigenvalue weighted by Crippen LogP contribution is -2.35. The van der Waals surface area contributed by atoms with Crippen molar-refractivity contribution in [3.63, 3.8) is 0 Å². The molecule has 0 saturated heterocycles. The Bertz CT molecular complexity index is 903. The number of benzene rings is 1. The van der Waals surface area contributed by atoms with Crippen molar-refractivity contribution in [2.45, 2.75) is 38.6 Å². The second kappa shape index (κ2) is 6.27. The summed E-state index contributed by atoms with van der Waals surface area (Å²) >= 11 is 1.34. The zero-order chi connectivity index (χ0) is 17.5. The summed E-state index contributed by atoms with van der Waals surface area (Å²) in [6.07, 6.45) is 0.551. The molecule has 1 amide bonds. The van der Waals surface area contributed by atoms with E-state index in [2.05, 4.69) is 10.3 Å². The molecule has 2 heterocycles. The van der Waals surface area contributed by atoms with Crippen LogP contribution in [-0.4, -0.2) is 30.2 Å². The summed E-state index contributed by atoms with van der Waals surface area (Å²) < 4.78 is 27.3. The summed E-state index contributed by atoms with van der Waals surface area (Å²) in [6, 6.07) is 5.21. The minimum absolute atomic E-state index is 0.180. The van der Waals surface area contributed by atoms with Crippen LogP contribution in [0, 0.1) is 13.8 Å². The molecule has 0 unspecified atom stereocenters. The van der Waals surface area contributed by atoms with Crippen molar-refractivity contribution in [2.75, 3.05) is 11.9 Å². The molecule has 1 aliphatic heterocycles. The first-order valence-electron chi connectivity index (χ1n) is 7.61. The van der Waals surface area contributed by atoms with Gasteiger partial charge in [0.05, 0.1) is 17.1 Å². The van der Waals surface area contributed by atoms with Crippen LogP contribution in [0.2, 0.25) is 0 Å². The van der Waals surface area contributed by atoms with Crippen LogP contribution in [-0.2, 0) is 27.8 Å². The van der Waals surface area contributed by atoms with E-state index in [4.69, 9.17) is 0 Å². The molecule has 8 heteroatoms. The second-order valence-corrected chi connectivity index (χ2v) is 8.93. The van der Waals surface area contributed by atoms with Gasteiger partial charge >= 0.3 is 0 Å². The van der Waals surface area contributed by atoms with Crippen molar-refractivity contribution in [1.82, 2.24) is 9.29 Å². The maximum absolute atomic E-state index is 12.9. The van der Waals surface area contributed by atoms with Gasteiger partial charge in [0, 0.05) is 24.8 Å². The summed E-state index contributed by atoms with van der Waals surface area (Å²) in [7, 11) is -3.53. The number of rotatable bonds is 3. The van der Waals surface area contributed by atoms with E-state index in [0.717, 1.165) is 21.7 Å². The van der Waals surface area contributed by atoms with Crippen molar-refractivity contribution >= 4 is 32.4 Å². The monoisotopic (exact) mass is 365 g/mol. The van der Waals surface area contributed by atoms with E-state index in [1.807, 2.05) is 19.9 Å². The Labute approximate surface area is 145 Å². The molecule has 0 radical (unpaired) electrons. The Morgan fingerprint density at radius 3 is 2.71 bits per heavy atom. The van der Waals surface area contributed by atoms with E-state index >= 15 is 0 Å². The van der Waals surface area contributed by atoms with E-state index < -0.39 is 10.0 Å². The van der Waals surface area contributed by atoms with Gasteiger partial charge in [0.15, 0.2) is 5.13 Å². The smallest absolute Gasteiger partial charge is 0.243 e. The zero-order valence-corrected chi connectivity index (χ0v) is 15.4. The van der Waals surface area contributed by atoms with Gasteiger partial charge < -0.3 is 5.32 Å². The predicted molar refractivity (Wildman–Crippen MR) is 93.6 cm³/mol. The van der Waals surface area contributed by atoms with Gasteiger partial charge in [0.1, 0.15) is 0 Å². The van der Waals surface area contributed by atoms with Crippen LogP contribution in [0.3, 0.4) is 0 Å². The molecule has 0 atom stereocenters. The highest BCUT2D eigenvalue weighted by molar-refractivity contribution is 7.89. The molecule has 0 bridgehead atoms. The lowest BCUT2D eigenvalue weighted by Gasteiger charge is -2.25. The number of anilines is 1. The highest BCUT2D eigenvalue weighted by Crippen LogP contribution is 2.31. The highest BCUT2D eigenvalue weighted by atomic mass is 32.2.